The van der Waals surface area contributed by atoms with Gasteiger partial charge in [0.05, 0.1) is 0 Å². The van der Waals surface area contributed by atoms with Crippen molar-refractivity contribution in [3.63, 3.8) is 0 Å². The minimum absolute atomic E-state index is 0.347. The van der Waals surface area contributed by atoms with Crippen molar-refractivity contribution >= 4 is 0 Å². The Hall–Kier alpha value is -0.860. The van der Waals surface area contributed by atoms with E-state index >= 15 is 0 Å². The Balaban J connectivity index is 1.96. The Bertz CT molecular complexity index is 334. The maximum atomic E-state index is 6.17. The van der Waals surface area contributed by atoms with Crippen LogP contribution in [-0.2, 0) is 6.42 Å². The van der Waals surface area contributed by atoms with Crippen molar-refractivity contribution in [1.29, 1.82) is 0 Å². The Morgan fingerprint density at radius 2 is 1.94 bits per heavy atom. The van der Waals surface area contributed by atoms with Gasteiger partial charge in [0, 0.05) is 25.2 Å². The van der Waals surface area contributed by atoms with Gasteiger partial charge >= 0.3 is 0 Å². The van der Waals surface area contributed by atoms with Crippen molar-refractivity contribution < 1.29 is 0 Å². The van der Waals surface area contributed by atoms with Gasteiger partial charge < -0.3 is 5.73 Å². The van der Waals surface area contributed by atoms with E-state index in [0.29, 0.717) is 18.0 Å². The zero-order valence-corrected chi connectivity index (χ0v) is 11.0. The quantitative estimate of drug-likeness (QED) is 0.866. The van der Waals surface area contributed by atoms with Crippen LogP contribution < -0.4 is 5.73 Å². The fourth-order valence-electron chi connectivity index (χ4n) is 2.80. The molecule has 2 unspecified atom stereocenters. The number of nitrogens with zero attached hydrogens (tertiary/aromatic N) is 1. The van der Waals surface area contributed by atoms with E-state index in [1.165, 1.54) is 12.1 Å². The van der Waals surface area contributed by atoms with Crippen molar-refractivity contribution in [3.8, 4) is 0 Å². The number of likely N-dealkylation sites (tertiary alicyclic amines) is 1. The molecular weight excluding hydrogens is 208 g/mol. The zero-order chi connectivity index (χ0) is 12.3. The van der Waals surface area contributed by atoms with Gasteiger partial charge in [0.1, 0.15) is 0 Å². The summed E-state index contributed by atoms with van der Waals surface area (Å²) in [6.45, 7) is 6.78. The zero-order valence-electron chi connectivity index (χ0n) is 11.0. The van der Waals surface area contributed by atoms with Gasteiger partial charge in [0.2, 0.25) is 0 Å². The van der Waals surface area contributed by atoms with Crippen LogP contribution in [-0.4, -0.2) is 30.1 Å². The van der Waals surface area contributed by atoms with E-state index < -0.39 is 0 Å². The molecule has 0 aromatic heterocycles. The molecule has 1 aliphatic heterocycles. The monoisotopic (exact) mass is 232 g/mol. The van der Waals surface area contributed by atoms with Crippen molar-refractivity contribution in [2.75, 3.05) is 13.1 Å². The number of nitrogens with two attached hydrogens (primary N) is 1. The summed E-state index contributed by atoms with van der Waals surface area (Å²) in [5.74, 6) is 0.712. The van der Waals surface area contributed by atoms with E-state index in [4.69, 9.17) is 5.73 Å². The van der Waals surface area contributed by atoms with E-state index in [2.05, 4.69) is 49.1 Å². The third-order valence-corrected chi connectivity index (χ3v) is 3.70. The molecule has 0 amide bonds. The highest BCUT2D eigenvalue weighted by Crippen LogP contribution is 2.21. The molecule has 1 heterocycles. The molecule has 2 nitrogen and oxygen atoms in total. The molecule has 1 aromatic rings. The summed E-state index contributed by atoms with van der Waals surface area (Å²) in [6, 6.07) is 11.7. The Morgan fingerprint density at radius 1 is 1.24 bits per heavy atom. The van der Waals surface area contributed by atoms with E-state index in [-0.39, 0.29) is 0 Å². The van der Waals surface area contributed by atoms with Gasteiger partial charge in [-0.15, -0.1) is 0 Å². The van der Waals surface area contributed by atoms with Crippen LogP contribution >= 0.6 is 0 Å². The summed E-state index contributed by atoms with van der Waals surface area (Å²) in [4.78, 5) is 2.52. The van der Waals surface area contributed by atoms with Gasteiger partial charge in [0.25, 0.3) is 0 Å². The van der Waals surface area contributed by atoms with Gasteiger partial charge in [-0.2, -0.15) is 0 Å². The average Bonchev–Trinajstić information content (AvgIpc) is 2.29. The first-order valence-electron chi connectivity index (χ1n) is 6.68. The van der Waals surface area contributed by atoms with Gasteiger partial charge in [-0.05, 0) is 38.2 Å². The van der Waals surface area contributed by atoms with Crippen LogP contribution in [0.2, 0.25) is 0 Å². The maximum absolute atomic E-state index is 6.17. The molecule has 94 valence electrons. The van der Waals surface area contributed by atoms with Crippen LogP contribution in [0.25, 0.3) is 0 Å². The minimum Gasteiger partial charge on any atom is -0.327 e. The average molecular weight is 232 g/mol. The highest BCUT2D eigenvalue weighted by molar-refractivity contribution is 5.15. The fourth-order valence-corrected chi connectivity index (χ4v) is 2.80. The first-order chi connectivity index (χ1) is 8.15. The second-order valence-corrected chi connectivity index (χ2v) is 5.60. The summed E-state index contributed by atoms with van der Waals surface area (Å²) < 4.78 is 0. The normalized spacial score (nSPS) is 26.4. The lowest BCUT2D eigenvalue weighted by Crippen LogP contribution is -2.50. The topological polar surface area (TPSA) is 29.3 Å². The summed E-state index contributed by atoms with van der Waals surface area (Å²) in [7, 11) is 0. The predicted octanol–water partition coefficient (Wildman–Crippen LogP) is 2.29. The molecule has 1 fully saturated rings. The number of piperidine rings is 1. The van der Waals surface area contributed by atoms with Crippen LogP contribution in [0.5, 0.6) is 0 Å². The standard InChI is InChI=1S/C15H24N2/c1-12(2)17-10-14(9-15(16)11-17)8-13-6-4-3-5-7-13/h3-7,12,14-15H,8-11,16H2,1-2H3. The highest BCUT2D eigenvalue weighted by Gasteiger charge is 2.26. The molecule has 2 N–H and O–H groups in total. The molecule has 1 saturated heterocycles. The molecule has 0 aliphatic carbocycles. The fraction of sp³-hybridized carbons (Fsp3) is 0.600. The second kappa shape index (κ2) is 5.65. The molecule has 0 bridgehead atoms. The summed E-state index contributed by atoms with van der Waals surface area (Å²) in [5, 5.41) is 0. The smallest absolute Gasteiger partial charge is 0.0171 e. The Labute approximate surface area is 105 Å². The Morgan fingerprint density at radius 3 is 2.59 bits per heavy atom. The Kier molecular flexibility index (Phi) is 4.19. The summed E-state index contributed by atoms with van der Waals surface area (Å²) in [6.07, 6.45) is 2.33. The number of hydrogen-bond donors (Lipinski definition) is 1. The molecule has 1 aliphatic rings. The number of benzene rings is 1. The molecule has 2 rings (SSSR count). The lowest BCUT2D eigenvalue weighted by atomic mass is 9.88. The molecule has 0 saturated carbocycles. The van der Waals surface area contributed by atoms with Gasteiger partial charge in [-0.1, -0.05) is 30.3 Å². The van der Waals surface area contributed by atoms with E-state index in [0.717, 1.165) is 19.4 Å². The highest BCUT2D eigenvalue weighted by atomic mass is 15.2. The van der Waals surface area contributed by atoms with E-state index in [1.54, 1.807) is 0 Å². The van der Waals surface area contributed by atoms with Crippen LogP contribution in [0, 0.1) is 5.92 Å². The maximum Gasteiger partial charge on any atom is 0.0171 e. The number of rotatable bonds is 3. The van der Waals surface area contributed by atoms with Crippen LogP contribution in [0.15, 0.2) is 30.3 Å². The predicted molar refractivity (Wildman–Crippen MR) is 72.9 cm³/mol. The molecule has 17 heavy (non-hydrogen) atoms. The molecule has 2 heteroatoms. The first-order valence-corrected chi connectivity index (χ1v) is 6.68. The van der Waals surface area contributed by atoms with Crippen molar-refractivity contribution in [2.45, 2.75) is 38.8 Å². The van der Waals surface area contributed by atoms with Crippen molar-refractivity contribution in [1.82, 2.24) is 4.90 Å². The van der Waals surface area contributed by atoms with Crippen LogP contribution in [0.3, 0.4) is 0 Å². The molecule has 1 aromatic carbocycles. The molecule has 2 atom stereocenters. The van der Waals surface area contributed by atoms with E-state index in [1.807, 2.05) is 0 Å². The van der Waals surface area contributed by atoms with Crippen molar-refractivity contribution in [2.24, 2.45) is 11.7 Å². The van der Waals surface area contributed by atoms with Crippen LogP contribution in [0.4, 0.5) is 0 Å². The minimum atomic E-state index is 0.347. The lowest BCUT2D eigenvalue weighted by molar-refractivity contribution is 0.124. The SMILES string of the molecule is CC(C)N1CC(N)CC(Cc2ccccc2)C1. The first kappa shape index (κ1) is 12.6. The van der Waals surface area contributed by atoms with Gasteiger partial charge in [0.15, 0.2) is 0 Å². The third kappa shape index (κ3) is 3.55. The second-order valence-electron chi connectivity index (χ2n) is 5.60. The molecule has 0 radical (unpaired) electrons. The lowest BCUT2D eigenvalue weighted by Gasteiger charge is -2.38. The number of hydrogen-bond acceptors (Lipinski definition) is 2. The van der Waals surface area contributed by atoms with Gasteiger partial charge in [-0.3, -0.25) is 4.90 Å². The summed E-state index contributed by atoms with van der Waals surface area (Å²) in [5.41, 5.74) is 7.61. The van der Waals surface area contributed by atoms with E-state index in [9.17, 15) is 0 Å². The molecular formula is C15H24N2. The van der Waals surface area contributed by atoms with Crippen LogP contribution in [0.1, 0.15) is 25.8 Å². The summed E-state index contributed by atoms with van der Waals surface area (Å²) >= 11 is 0. The third-order valence-electron chi connectivity index (χ3n) is 3.70. The van der Waals surface area contributed by atoms with Crippen molar-refractivity contribution in [3.05, 3.63) is 35.9 Å². The largest absolute Gasteiger partial charge is 0.327 e. The molecule has 0 spiro atoms. The van der Waals surface area contributed by atoms with Gasteiger partial charge in [-0.25, -0.2) is 0 Å².